The number of nitrogens with zero attached hydrogens (tertiary/aromatic N) is 1. The molecule has 7 heteroatoms. The SMILES string of the molecule is CSc1nc2c(F)c(Cl)cc(Br)c2c(=O)[nH]1. The number of H-pyrrole nitrogens is 1. The van der Waals surface area contributed by atoms with Crippen molar-refractivity contribution in [3.8, 4) is 0 Å². The summed E-state index contributed by atoms with van der Waals surface area (Å²) in [7, 11) is 0. The number of halogens is 3. The van der Waals surface area contributed by atoms with Crippen molar-refractivity contribution in [2.75, 3.05) is 6.26 Å². The summed E-state index contributed by atoms with van der Waals surface area (Å²) in [6.45, 7) is 0. The van der Waals surface area contributed by atoms with E-state index in [2.05, 4.69) is 25.9 Å². The fourth-order valence-electron chi connectivity index (χ4n) is 1.29. The first kappa shape index (κ1) is 11.9. The smallest absolute Gasteiger partial charge is 0.260 e. The molecule has 0 aliphatic carbocycles. The number of hydrogen-bond donors (Lipinski definition) is 1. The van der Waals surface area contributed by atoms with Crippen LogP contribution in [0.5, 0.6) is 0 Å². The number of hydrogen-bond acceptors (Lipinski definition) is 3. The minimum Gasteiger partial charge on any atom is -0.301 e. The van der Waals surface area contributed by atoms with Crippen molar-refractivity contribution in [2.24, 2.45) is 0 Å². The largest absolute Gasteiger partial charge is 0.301 e. The zero-order chi connectivity index (χ0) is 11.9. The summed E-state index contributed by atoms with van der Waals surface area (Å²) in [5.74, 6) is -0.679. The highest BCUT2D eigenvalue weighted by Gasteiger charge is 2.14. The average Bonchev–Trinajstić information content (AvgIpc) is 2.24. The van der Waals surface area contributed by atoms with E-state index >= 15 is 0 Å². The molecule has 2 aromatic rings. The molecule has 1 aromatic heterocycles. The predicted octanol–water partition coefficient (Wildman–Crippen LogP) is 3.20. The summed E-state index contributed by atoms with van der Waals surface area (Å²) in [6, 6.07) is 1.34. The van der Waals surface area contributed by atoms with Gasteiger partial charge in [-0.2, -0.15) is 0 Å². The topological polar surface area (TPSA) is 45.8 Å². The van der Waals surface area contributed by atoms with Gasteiger partial charge in [-0.05, 0) is 28.3 Å². The first-order valence-corrected chi connectivity index (χ1v) is 6.55. The number of fused-ring (bicyclic) bond motifs is 1. The number of rotatable bonds is 1. The Bertz CT molecular complexity index is 631. The van der Waals surface area contributed by atoms with Crippen LogP contribution in [0.4, 0.5) is 4.39 Å². The van der Waals surface area contributed by atoms with Gasteiger partial charge in [-0.1, -0.05) is 23.4 Å². The molecule has 0 amide bonds. The minimum atomic E-state index is -0.679. The van der Waals surface area contributed by atoms with Crippen LogP contribution in [0.3, 0.4) is 0 Å². The Morgan fingerprint density at radius 3 is 2.94 bits per heavy atom. The second-order valence-electron chi connectivity index (χ2n) is 2.95. The number of thioether (sulfide) groups is 1. The summed E-state index contributed by atoms with van der Waals surface area (Å²) < 4.78 is 14.1. The monoisotopic (exact) mass is 322 g/mol. The molecule has 0 radical (unpaired) electrons. The molecule has 1 N–H and O–H groups in total. The average molecular weight is 324 g/mol. The maximum atomic E-state index is 13.7. The molecule has 0 fully saturated rings. The van der Waals surface area contributed by atoms with Crippen LogP contribution in [-0.4, -0.2) is 16.2 Å². The predicted molar refractivity (Wildman–Crippen MR) is 66.8 cm³/mol. The summed E-state index contributed by atoms with van der Waals surface area (Å²) in [5.41, 5.74) is -0.413. The van der Waals surface area contributed by atoms with Gasteiger partial charge in [0.25, 0.3) is 5.56 Å². The number of aromatic nitrogens is 2. The van der Waals surface area contributed by atoms with Crippen LogP contribution in [-0.2, 0) is 0 Å². The summed E-state index contributed by atoms with van der Waals surface area (Å²) in [4.78, 5) is 18.2. The molecule has 84 valence electrons. The third kappa shape index (κ3) is 1.85. The highest BCUT2D eigenvalue weighted by Crippen LogP contribution is 2.28. The van der Waals surface area contributed by atoms with Gasteiger partial charge in [-0.15, -0.1) is 0 Å². The normalized spacial score (nSPS) is 11.0. The van der Waals surface area contributed by atoms with Gasteiger partial charge in [-0.3, -0.25) is 4.79 Å². The Morgan fingerprint density at radius 1 is 1.62 bits per heavy atom. The highest BCUT2D eigenvalue weighted by molar-refractivity contribution is 9.10. The van der Waals surface area contributed by atoms with E-state index in [9.17, 15) is 9.18 Å². The molecular formula is C9H5BrClFN2OS. The van der Waals surface area contributed by atoms with Gasteiger partial charge in [0.1, 0.15) is 5.52 Å². The molecule has 16 heavy (non-hydrogen) atoms. The third-order valence-electron chi connectivity index (χ3n) is 2.00. The van der Waals surface area contributed by atoms with Crippen LogP contribution >= 0.6 is 39.3 Å². The van der Waals surface area contributed by atoms with Crippen molar-refractivity contribution in [3.63, 3.8) is 0 Å². The first-order chi connectivity index (χ1) is 7.54. The Balaban J connectivity index is 3.00. The molecule has 3 nitrogen and oxygen atoms in total. The lowest BCUT2D eigenvalue weighted by Gasteiger charge is -2.04. The molecule has 2 rings (SSSR count). The fraction of sp³-hybridized carbons (Fsp3) is 0.111. The van der Waals surface area contributed by atoms with Crippen molar-refractivity contribution in [1.82, 2.24) is 9.97 Å². The van der Waals surface area contributed by atoms with E-state index in [0.717, 1.165) is 0 Å². The maximum absolute atomic E-state index is 13.7. The van der Waals surface area contributed by atoms with E-state index in [-0.39, 0.29) is 15.9 Å². The molecular weight excluding hydrogens is 319 g/mol. The second kappa shape index (κ2) is 4.35. The van der Waals surface area contributed by atoms with E-state index in [1.807, 2.05) is 0 Å². The lowest BCUT2D eigenvalue weighted by Crippen LogP contribution is -2.10. The molecule has 0 atom stereocenters. The molecule has 1 heterocycles. The third-order valence-corrected chi connectivity index (χ3v) is 3.48. The molecule has 0 aliphatic heterocycles. The van der Waals surface area contributed by atoms with Gasteiger partial charge in [0, 0.05) is 4.47 Å². The zero-order valence-electron chi connectivity index (χ0n) is 7.97. The van der Waals surface area contributed by atoms with Crippen LogP contribution in [0.15, 0.2) is 20.5 Å². The van der Waals surface area contributed by atoms with Gasteiger partial charge in [0.15, 0.2) is 11.0 Å². The Hall–Kier alpha value is -0.590. The Labute approximate surface area is 108 Å². The Morgan fingerprint density at radius 2 is 2.31 bits per heavy atom. The van der Waals surface area contributed by atoms with Crippen molar-refractivity contribution >= 4 is 50.2 Å². The second-order valence-corrected chi connectivity index (χ2v) is 5.01. The molecule has 0 aliphatic rings. The van der Waals surface area contributed by atoms with Crippen LogP contribution < -0.4 is 5.56 Å². The fourth-order valence-corrected chi connectivity index (χ4v) is 2.59. The highest BCUT2D eigenvalue weighted by atomic mass is 79.9. The molecule has 0 saturated heterocycles. The molecule has 0 unspecified atom stereocenters. The van der Waals surface area contributed by atoms with E-state index in [4.69, 9.17) is 11.6 Å². The van der Waals surface area contributed by atoms with Gasteiger partial charge in [-0.25, -0.2) is 9.37 Å². The summed E-state index contributed by atoms with van der Waals surface area (Å²) >= 11 is 10.1. The van der Waals surface area contributed by atoms with Crippen LogP contribution in [0, 0.1) is 5.82 Å². The van der Waals surface area contributed by atoms with E-state index in [1.54, 1.807) is 6.26 Å². The van der Waals surface area contributed by atoms with Gasteiger partial charge >= 0.3 is 0 Å². The van der Waals surface area contributed by atoms with E-state index in [1.165, 1.54) is 17.8 Å². The van der Waals surface area contributed by atoms with Crippen molar-refractivity contribution < 1.29 is 4.39 Å². The van der Waals surface area contributed by atoms with Gasteiger partial charge in [0.2, 0.25) is 0 Å². The molecule has 1 aromatic carbocycles. The van der Waals surface area contributed by atoms with Gasteiger partial charge in [0.05, 0.1) is 10.4 Å². The maximum Gasteiger partial charge on any atom is 0.260 e. The van der Waals surface area contributed by atoms with E-state index in [0.29, 0.717) is 9.63 Å². The van der Waals surface area contributed by atoms with Crippen LogP contribution in [0.1, 0.15) is 0 Å². The molecule has 0 bridgehead atoms. The molecule has 0 saturated carbocycles. The minimum absolute atomic E-state index is 0.0209. The van der Waals surface area contributed by atoms with Gasteiger partial charge < -0.3 is 4.98 Å². The van der Waals surface area contributed by atoms with E-state index < -0.39 is 11.4 Å². The number of nitrogens with one attached hydrogen (secondary N) is 1. The van der Waals surface area contributed by atoms with Crippen molar-refractivity contribution in [1.29, 1.82) is 0 Å². The summed E-state index contributed by atoms with van der Waals surface area (Å²) in [6.07, 6.45) is 1.74. The lowest BCUT2D eigenvalue weighted by molar-refractivity contribution is 0.635. The molecule has 0 spiro atoms. The quantitative estimate of drug-likeness (QED) is 0.498. The van der Waals surface area contributed by atoms with Crippen molar-refractivity contribution in [3.05, 3.63) is 31.7 Å². The number of aromatic amines is 1. The standard InChI is InChI=1S/C9H5BrClFN2OS/c1-16-9-13-7-5(8(15)14-9)3(10)2-4(11)6(7)12/h2H,1H3,(H,13,14,15). The lowest BCUT2D eigenvalue weighted by atomic mass is 10.2. The van der Waals surface area contributed by atoms with Crippen molar-refractivity contribution in [2.45, 2.75) is 5.16 Å². The van der Waals surface area contributed by atoms with Crippen LogP contribution in [0.2, 0.25) is 5.02 Å². The summed E-state index contributed by atoms with van der Waals surface area (Å²) in [5, 5.41) is 0.454. The zero-order valence-corrected chi connectivity index (χ0v) is 11.1. The van der Waals surface area contributed by atoms with Crippen LogP contribution in [0.25, 0.3) is 10.9 Å². The number of benzene rings is 1. The first-order valence-electron chi connectivity index (χ1n) is 4.16. The Kier molecular flexibility index (Phi) is 3.23.